The Morgan fingerprint density at radius 2 is 2.22 bits per heavy atom. The zero-order valence-electron chi connectivity index (χ0n) is 9.30. The molecule has 1 aliphatic rings. The monoisotopic (exact) mass is 373 g/mol. The Morgan fingerprint density at radius 1 is 1.50 bits per heavy atom. The zero-order valence-corrected chi connectivity index (χ0v) is 13.3. The fraction of sp³-hybridized carbons (Fsp3) is 0.556. The van der Waals surface area contributed by atoms with E-state index in [0.717, 1.165) is 11.3 Å². The molecule has 0 bridgehead atoms. The van der Waals surface area contributed by atoms with Crippen molar-refractivity contribution in [2.75, 3.05) is 12.3 Å². The molecule has 5 nitrogen and oxygen atoms in total. The minimum atomic E-state index is -3.63. The fourth-order valence-electron chi connectivity index (χ4n) is 1.83. The highest BCUT2D eigenvalue weighted by Gasteiger charge is 2.32. The normalized spacial score (nSPS) is 23.3. The van der Waals surface area contributed by atoms with Crippen LogP contribution in [-0.4, -0.2) is 34.4 Å². The summed E-state index contributed by atoms with van der Waals surface area (Å²) in [5.41, 5.74) is 0. The molecule has 1 saturated heterocycles. The highest BCUT2D eigenvalue weighted by Crippen LogP contribution is 2.27. The minimum absolute atomic E-state index is 0.0466. The van der Waals surface area contributed by atoms with Crippen molar-refractivity contribution in [2.24, 2.45) is 0 Å². The van der Waals surface area contributed by atoms with Gasteiger partial charge in [-0.05, 0) is 40.2 Å². The molecule has 1 aromatic heterocycles. The molecule has 2 heterocycles. The quantitative estimate of drug-likeness (QED) is 0.863. The summed E-state index contributed by atoms with van der Waals surface area (Å²) in [5, 5.41) is 1.07. The van der Waals surface area contributed by atoms with Crippen molar-refractivity contribution < 1.29 is 16.8 Å². The predicted octanol–water partition coefficient (Wildman–Crippen LogP) is 1.37. The van der Waals surface area contributed by atoms with Gasteiger partial charge >= 0.3 is 0 Å². The van der Waals surface area contributed by atoms with E-state index in [1.807, 2.05) is 0 Å². The average Bonchev–Trinajstić information content (AvgIpc) is 2.82. The van der Waals surface area contributed by atoms with Gasteiger partial charge in [-0.25, -0.2) is 21.6 Å². The molecule has 1 fully saturated rings. The Hall–Kier alpha value is 0.0400. The second-order valence-corrected chi connectivity index (χ2v) is 10.2. The van der Waals surface area contributed by atoms with Crippen molar-refractivity contribution in [3.05, 3.63) is 15.9 Å². The topological polar surface area (TPSA) is 80.3 Å². The van der Waals surface area contributed by atoms with Crippen LogP contribution in [-0.2, 0) is 19.9 Å². The molecule has 0 saturated carbocycles. The number of thiophene rings is 1. The summed E-state index contributed by atoms with van der Waals surface area (Å²) in [6.07, 6.45) is 1.13. The SMILES string of the molecule is O=S(=O)(NCC1CCCS1(=O)=O)c1sccc1Br. The zero-order chi connectivity index (χ0) is 13.4. The maximum absolute atomic E-state index is 12.0. The average molecular weight is 374 g/mol. The molecule has 1 unspecified atom stereocenters. The van der Waals surface area contributed by atoms with Gasteiger partial charge in [-0.1, -0.05) is 0 Å². The van der Waals surface area contributed by atoms with E-state index < -0.39 is 25.1 Å². The summed E-state index contributed by atoms with van der Waals surface area (Å²) in [6.45, 7) is -0.0466. The van der Waals surface area contributed by atoms with Crippen LogP contribution >= 0.6 is 27.3 Å². The first kappa shape index (κ1) is 14.4. The molecule has 0 amide bonds. The lowest BCUT2D eigenvalue weighted by Crippen LogP contribution is -2.34. The van der Waals surface area contributed by atoms with Gasteiger partial charge in [0.15, 0.2) is 9.84 Å². The van der Waals surface area contributed by atoms with Gasteiger partial charge in [0.05, 0.1) is 11.0 Å². The molecule has 1 aliphatic heterocycles. The fourth-order valence-corrected chi connectivity index (χ4v) is 7.16. The van der Waals surface area contributed by atoms with Crippen LogP contribution in [0.2, 0.25) is 0 Å². The van der Waals surface area contributed by atoms with E-state index in [-0.39, 0.29) is 16.5 Å². The molecule has 0 aromatic carbocycles. The molecule has 1 aromatic rings. The van der Waals surface area contributed by atoms with Crippen molar-refractivity contribution in [1.82, 2.24) is 4.72 Å². The molecular weight excluding hydrogens is 362 g/mol. The Morgan fingerprint density at radius 3 is 2.72 bits per heavy atom. The van der Waals surface area contributed by atoms with Crippen LogP contribution in [0.5, 0.6) is 0 Å². The highest BCUT2D eigenvalue weighted by atomic mass is 79.9. The van der Waals surface area contributed by atoms with E-state index in [1.54, 1.807) is 11.4 Å². The number of sulfonamides is 1. The van der Waals surface area contributed by atoms with Gasteiger partial charge in [-0.15, -0.1) is 11.3 Å². The number of nitrogens with one attached hydrogen (secondary N) is 1. The summed E-state index contributed by atoms with van der Waals surface area (Å²) >= 11 is 4.24. The van der Waals surface area contributed by atoms with Crippen LogP contribution in [0.3, 0.4) is 0 Å². The summed E-state index contributed by atoms with van der Waals surface area (Å²) in [5.74, 6) is 0.155. The maximum Gasteiger partial charge on any atom is 0.251 e. The number of hydrogen-bond acceptors (Lipinski definition) is 5. The lowest BCUT2D eigenvalue weighted by Gasteiger charge is -2.10. The van der Waals surface area contributed by atoms with Crippen molar-refractivity contribution in [3.8, 4) is 0 Å². The van der Waals surface area contributed by atoms with Gasteiger partial charge in [0.1, 0.15) is 4.21 Å². The molecule has 9 heteroatoms. The van der Waals surface area contributed by atoms with Gasteiger partial charge in [0.25, 0.3) is 10.0 Å². The third-order valence-electron chi connectivity index (χ3n) is 2.79. The van der Waals surface area contributed by atoms with Gasteiger partial charge in [-0.2, -0.15) is 0 Å². The molecule has 1 N–H and O–H groups in total. The van der Waals surface area contributed by atoms with Gasteiger partial charge in [-0.3, -0.25) is 0 Å². The molecule has 18 heavy (non-hydrogen) atoms. The first-order chi connectivity index (χ1) is 8.33. The molecule has 0 spiro atoms. The standard InChI is InChI=1S/C9H12BrNO4S3/c10-8-3-4-16-9(8)18(14,15)11-6-7-2-1-5-17(7,12)13/h3-4,7,11H,1-2,5-6H2. The number of sulfone groups is 1. The van der Waals surface area contributed by atoms with Crippen LogP contribution in [0.15, 0.2) is 20.1 Å². The van der Waals surface area contributed by atoms with Gasteiger partial charge in [0.2, 0.25) is 0 Å². The van der Waals surface area contributed by atoms with E-state index in [4.69, 9.17) is 0 Å². The summed E-state index contributed by atoms with van der Waals surface area (Å²) in [7, 11) is -6.75. The van der Waals surface area contributed by atoms with Crippen LogP contribution in [0.4, 0.5) is 0 Å². The summed E-state index contributed by atoms with van der Waals surface area (Å²) in [6, 6.07) is 1.64. The van der Waals surface area contributed by atoms with E-state index in [1.165, 1.54) is 0 Å². The summed E-state index contributed by atoms with van der Waals surface area (Å²) in [4.78, 5) is 0. The molecule has 1 atom stereocenters. The Bertz CT molecular complexity index is 635. The van der Waals surface area contributed by atoms with Gasteiger partial charge < -0.3 is 0 Å². The minimum Gasteiger partial charge on any atom is -0.229 e. The maximum atomic E-state index is 12.0. The molecule has 0 aliphatic carbocycles. The number of rotatable bonds is 4. The van der Waals surface area contributed by atoms with Crippen molar-refractivity contribution in [3.63, 3.8) is 0 Å². The highest BCUT2D eigenvalue weighted by molar-refractivity contribution is 9.10. The van der Waals surface area contributed by atoms with Crippen LogP contribution in [0.1, 0.15) is 12.8 Å². The van der Waals surface area contributed by atoms with E-state index in [2.05, 4.69) is 20.7 Å². The van der Waals surface area contributed by atoms with Gasteiger partial charge in [0, 0.05) is 11.0 Å². The lowest BCUT2D eigenvalue weighted by molar-refractivity contribution is 0.572. The molecule has 0 radical (unpaired) electrons. The second kappa shape index (κ2) is 5.20. The lowest BCUT2D eigenvalue weighted by atomic mass is 10.2. The van der Waals surface area contributed by atoms with Crippen LogP contribution < -0.4 is 4.72 Å². The molecule has 102 valence electrons. The van der Waals surface area contributed by atoms with E-state index in [9.17, 15) is 16.8 Å². The van der Waals surface area contributed by atoms with Crippen molar-refractivity contribution >= 4 is 47.1 Å². The smallest absolute Gasteiger partial charge is 0.229 e. The first-order valence-corrected chi connectivity index (χ1v) is 10.1. The first-order valence-electron chi connectivity index (χ1n) is 5.27. The van der Waals surface area contributed by atoms with Crippen molar-refractivity contribution in [2.45, 2.75) is 22.3 Å². The number of hydrogen-bond donors (Lipinski definition) is 1. The Balaban J connectivity index is 2.09. The van der Waals surface area contributed by atoms with E-state index in [0.29, 0.717) is 17.3 Å². The Kier molecular flexibility index (Phi) is 4.17. The molecule has 2 rings (SSSR count). The molecular formula is C9H12BrNO4S3. The van der Waals surface area contributed by atoms with E-state index >= 15 is 0 Å². The third kappa shape index (κ3) is 2.96. The third-order valence-corrected chi connectivity index (χ3v) is 9.16. The van der Waals surface area contributed by atoms with Crippen LogP contribution in [0, 0.1) is 0 Å². The number of halogens is 1. The van der Waals surface area contributed by atoms with Crippen LogP contribution in [0.25, 0.3) is 0 Å². The Labute approximate surface area is 119 Å². The second-order valence-electron chi connectivity index (χ2n) is 4.04. The predicted molar refractivity (Wildman–Crippen MR) is 74.0 cm³/mol. The van der Waals surface area contributed by atoms with Crippen molar-refractivity contribution in [1.29, 1.82) is 0 Å². The largest absolute Gasteiger partial charge is 0.251 e. The summed E-state index contributed by atoms with van der Waals surface area (Å²) < 4.78 is 50.1.